The van der Waals surface area contributed by atoms with Gasteiger partial charge in [-0.2, -0.15) is 12.6 Å². The van der Waals surface area contributed by atoms with Crippen LogP contribution in [0.4, 0.5) is 10.1 Å². The lowest BCUT2D eigenvalue weighted by molar-refractivity contribution is -0.118. The summed E-state index contributed by atoms with van der Waals surface area (Å²) in [6.45, 7) is 0.696. The number of carbonyl (C=O) groups excluding carboxylic acids is 1. The third kappa shape index (κ3) is 3.72. The Bertz CT molecular complexity index is 450. The first-order valence-corrected chi connectivity index (χ1v) is 7.55. The smallest absolute Gasteiger partial charge is 0.227 e. The number of nitrogens with zero attached hydrogens (tertiary/aromatic N) is 1. The van der Waals surface area contributed by atoms with Crippen LogP contribution in [0, 0.1) is 5.82 Å². The highest BCUT2D eigenvalue weighted by atomic mass is 32.1. The van der Waals surface area contributed by atoms with Crippen LogP contribution in [0.3, 0.4) is 0 Å². The minimum absolute atomic E-state index is 0.118. The standard InChI is InChI=1S/C15H20FNOS/c16-13-7-5-12-6-8-15(18)17(14(12)11-13)9-3-1-2-4-10-19/h5,7,11,19H,1-4,6,8-10H2. The van der Waals surface area contributed by atoms with Gasteiger partial charge in [0.15, 0.2) is 0 Å². The van der Waals surface area contributed by atoms with Crippen molar-refractivity contribution in [1.82, 2.24) is 0 Å². The molecular formula is C15H20FNOS. The summed E-state index contributed by atoms with van der Waals surface area (Å²) in [5, 5.41) is 0. The summed E-state index contributed by atoms with van der Waals surface area (Å²) < 4.78 is 13.3. The monoisotopic (exact) mass is 281 g/mol. The maximum Gasteiger partial charge on any atom is 0.227 e. The Morgan fingerprint density at radius 1 is 1.16 bits per heavy atom. The van der Waals surface area contributed by atoms with E-state index in [1.54, 1.807) is 11.0 Å². The number of amides is 1. The normalized spacial score (nSPS) is 14.6. The number of anilines is 1. The first-order valence-electron chi connectivity index (χ1n) is 6.92. The highest BCUT2D eigenvalue weighted by Crippen LogP contribution is 2.28. The van der Waals surface area contributed by atoms with E-state index in [0.717, 1.165) is 49.1 Å². The van der Waals surface area contributed by atoms with Crippen molar-refractivity contribution in [3.05, 3.63) is 29.6 Å². The van der Waals surface area contributed by atoms with Crippen molar-refractivity contribution in [3.63, 3.8) is 0 Å². The molecule has 0 N–H and O–H groups in total. The van der Waals surface area contributed by atoms with Crippen LogP contribution in [-0.2, 0) is 11.2 Å². The molecule has 1 aromatic carbocycles. The fourth-order valence-electron chi connectivity index (χ4n) is 2.49. The molecule has 4 heteroatoms. The van der Waals surface area contributed by atoms with Crippen molar-refractivity contribution in [2.24, 2.45) is 0 Å². The number of carbonyl (C=O) groups is 1. The maximum atomic E-state index is 13.3. The Morgan fingerprint density at radius 2 is 1.95 bits per heavy atom. The van der Waals surface area contributed by atoms with E-state index in [4.69, 9.17) is 0 Å². The number of rotatable bonds is 6. The summed E-state index contributed by atoms with van der Waals surface area (Å²) in [4.78, 5) is 13.7. The molecule has 0 saturated carbocycles. The topological polar surface area (TPSA) is 20.3 Å². The van der Waals surface area contributed by atoms with Gasteiger partial charge in [0.2, 0.25) is 5.91 Å². The molecule has 1 amide bonds. The van der Waals surface area contributed by atoms with E-state index in [2.05, 4.69) is 12.6 Å². The number of unbranched alkanes of at least 4 members (excludes halogenated alkanes) is 3. The summed E-state index contributed by atoms with van der Waals surface area (Å²) in [6.07, 6.45) is 5.58. The lowest BCUT2D eigenvalue weighted by Crippen LogP contribution is -2.36. The summed E-state index contributed by atoms with van der Waals surface area (Å²) in [7, 11) is 0. The Kier molecular flexibility index (Phi) is 5.25. The molecule has 2 nitrogen and oxygen atoms in total. The number of thiol groups is 1. The molecule has 2 rings (SSSR count). The van der Waals surface area contributed by atoms with Gasteiger partial charge in [0, 0.05) is 18.7 Å². The van der Waals surface area contributed by atoms with Crippen LogP contribution < -0.4 is 4.90 Å². The van der Waals surface area contributed by atoms with E-state index >= 15 is 0 Å². The number of hydrogen-bond acceptors (Lipinski definition) is 2. The van der Waals surface area contributed by atoms with Crippen molar-refractivity contribution in [1.29, 1.82) is 0 Å². The third-order valence-corrected chi connectivity index (χ3v) is 3.85. The number of benzene rings is 1. The Balaban J connectivity index is 1.99. The van der Waals surface area contributed by atoms with E-state index in [1.807, 2.05) is 0 Å². The zero-order valence-corrected chi connectivity index (χ0v) is 12.0. The van der Waals surface area contributed by atoms with Crippen molar-refractivity contribution >= 4 is 24.2 Å². The second-order valence-corrected chi connectivity index (χ2v) is 5.40. The molecule has 0 atom stereocenters. The summed E-state index contributed by atoms with van der Waals surface area (Å²) >= 11 is 4.18. The summed E-state index contributed by atoms with van der Waals surface area (Å²) in [6, 6.07) is 4.75. The van der Waals surface area contributed by atoms with Gasteiger partial charge in [-0.1, -0.05) is 18.9 Å². The first-order chi connectivity index (χ1) is 9.22. The molecule has 0 radical (unpaired) electrons. The van der Waals surface area contributed by atoms with Gasteiger partial charge in [0.05, 0.1) is 0 Å². The van der Waals surface area contributed by atoms with Crippen LogP contribution in [-0.4, -0.2) is 18.2 Å². The van der Waals surface area contributed by atoms with Gasteiger partial charge in [-0.3, -0.25) is 4.79 Å². The molecule has 1 aromatic rings. The molecule has 1 aliphatic rings. The lowest BCUT2D eigenvalue weighted by Gasteiger charge is -2.29. The zero-order valence-electron chi connectivity index (χ0n) is 11.1. The molecule has 0 spiro atoms. The highest BCUT2D eigenvalue weighted by Gasteiger charge is 2.23. The second-order valence-electron chi connectivity index (χ2n) is 4.96. The van der Waals surface area contributed by atoms with Gasteiger partial charge in [-0.25, -0.2) is 4.39 Å². The average Bonchev–Trinajstić information content (AvgIpc) is 2.40. The number of halogens is 1. The summed E-state index contributed by atoms with van der Waals surface area (Å²) in [5.41, 5.74) is 1.85. The fraction of sp³-hybridized carbons (Fsp3) is 0.533. The van der Waals surface area contributed by atoms with Crippen molar-refractivity contribution in [2.45, 2.75) is 38.5 Å². The average molecular weight is 281 g/mol. The van der Waals surface area contributed by atoms with Gasteiger partial charge in [0.25, 0.3) is 0 Å². The molecule has 104 valence electrons. The van der Waals surface area contributed by atoms with E-state index in [-0.39, 0.29) is 11.7 Å². The zero-order chi connectivity index (χ0) is 13.7. The minimum Gasteiger partial charge on any atom is -0.312 e. The van der Waals surface area contributed by atoms with Gasteiger partial charge in [-0.15, -0.1) is 0 Å². The van der Waals surface area contributed by atoms with Crippen LogP contribution in [0.5, 0.6) is 0 Å². The molecule has 0 unspecified atom stereocenters. The molecule has 1 heterocycles. The molecule has 19 heavy (non-hydrogen) atoms. The maximum absolute atomic E-state index is 13.3. The fourth-order valence-corrected chi connectivity index (χ4v) is 2.71. The second kappa shape index (κ2) is 6.94. The van der Waals surface area contributed by atoms with E-state index < -0.39 is 0 Å². The van der Waals surface area contributed by atoms with E-state index in [0.29, 0.717) is 13.0 Å². The third-order valence-electron chi connectivity index (χ3n) is 3.54. The molecule has 1 aliphatic heterocycles. The molecule has 0 bridgehead atoms. The largest absolute Gasteiger partial charge is 0.312 e. The van der Waals surface area contributed by atoms with Gasteiger partial charge >= 0.3 is 0 Å². The summed E-state index contributed by atoms with van der Waals surface area (Å²) in [5.74, 6) is 0.761. The van der Waals surface area contributed by atoms with Crippen molar-refractivity contribution < 1.29 is 9.18 Å². The van der Waals surface area contributed by atoms with Crippen LogP contribution in [0.15, 0.2) is 18.2 Å². The molecular weight excluding hydrogens is 261 g/mol. The molecule has 0 fully saturated rings. The Morgan fingerprint density at radius 3 is 2.74 bits per heavy atom. The van der Waals surface area contributed by atoms with Crippen LogP contribution in [0.2, 0.25) is 0 Å². The number of hydrogen-bond donors (Lipinski definition) is 1. The molecule has 0 saturated heterocycles. The number of aryl methyl sites for hydroxylation is 1. The SMILES string of the molecule is O=C1CCc2ccc(F)cc2N1CCCCCCS. The van der Waals surface area contributed by atoms with Crippen molar-refractivity contribution in [2.75, 3.05) is 17.2 Å². The number of fused-ring (bicyclic) bond motifs is 1. The van der Waals surface area contributed by atoms with Gasteiger partial charge < -0.3 is 4.90 Å². The van der Waals surface area contributed by atoms with Gasteiger partial charge in [0.1, 0.15) is 5.82 Å². The predicted molar refractivity (Wildman–Crippen MR) is 79.4 cm³/mol. The van der Waals surface area contributed by atoms with Gasteiger partial charge in [-0.05, 0) is 42.7 Å². The minimum atomic E-state index is -0.270. The molecule has 0 aliphatic carbocycles. The van der Waals surface area contributed by atoms with Crippen LogP contribution in [0.25, 0.3) is 0 Å². The first kappa shape index (κ1) is 14.4. The highest BCUT2D eigenvalue weighted by molar-refractivity contribution is 7.80. The molecule has 0 aromatic heterocycles. The van der Waals surface area contributed by atoms with Crippen LogP contribution in [0.1, 0.15) is 37.7 Å². The Hall–Kier alpha value is -1.03. The predicted octanol–water partition coefficient (Wildman–Crippen LogP) is 3.60. The quantitative estimate of drug-likeness (QED) is 0.624. The lowest BCUT2D eigenvalue weighted by atomic mass is 10.0. The Labute approximate surface area is 119 Å². The van der Waals surface area contributed by atoms with Crippen molar-refractivity contribution in [3.8, 4) is 0 Å². The van der Waals surface area contributed by atoms with E-state index in [1.165, 1.54) is 12.1 Å². The van der Waals surface area contributed by atoms with E-state index in [9.17, 15) is 9.18 Å². The van der Waals surface area contributed by atoms with Crippen LogP contribution >= 0.6 is 12.6 Å².